The van der Waals surface area contributed by atoms with Gasteiger partial charge in [-0.15, -0.1) is 0 Å². The normalized spacial score (nSPS) is 19.0. The largest absolute Gasteiger partial charge is 0.475 e. The summed E-state index contributed by atoms with van der Waals surface area (Å²) >= 11 is 3.62. The van der Waals surface area contributed by atoms with Gasteiger partial charge in [0.05, 0.1) is 0 Å². The van der Waals surface area contributed by atoms with Crippen LogP contribution in [0.15, 0.2) is 33.3 Å². The molecule has 1 atom stereocenters. The molecule has 0 spiro atoms. The molecule has 1 aromatic heterocycles. The van der Waals surface area contributed by atoms with Gasteiger partial charge in [0.1, 0.15) is 5.69 Å². The van der Waals surface area contributed by atoms with Crippen LogP contribution in [0.25, 0.3) is 11.3 Å². The number of aromatic nitrogens is 1. The lowest BCUT2D eigenvalue weighted by Crippen LogP contribution is -2.13. The third-order valence-corrected chi connectivity index (χ3v) is 4.54. The summed E-state index contributed by atoms with van der Waals surface area (Å²) in [4.78, 5) is 13.1. The Morgan fingerprint density at radius 1 is 1.48 bits per heavy atom. The maximum absolute atomic E-state index is 10.8. The smallest absolute Gasteiger partial charge is 0.374 e. The highest BCUT2D eigenvalue weighted by atomic mass is 79.9. The quantitative estimate of drug-likeness (QED) is 0.920. The number of carboxylic acids is 1. The van der Waals surface area contributed by atoms with Crippen molar-refractivity contribution in [3.05, 3.63) is 40.1 Å². The fourth-order valence-corrected chi connectivity index (χ4v) is 3.42. The monoisotopic (exact) mass is 350 g/mol. The number of nitrogens with zero attached hydrogens (tertiary/aromatic N) is 2. The Bertz CT molecular complexity index is 683. The second-order valence-electron chi connectivity index (χ2n) is 5.37. The van der Waals surface area contributed by atoms with E-state index in [-0.39, 0.29) is 5.76 Å². The Labute approximate surface area is 130 Å². The Morgan fingerprint density at radius 2 is 2.29 bits per heavy atom. The number of aromatic carboxylic acids is 1. The van der Waals surface area contributed by atoms with Crippen molar-refractivity contribution in [3.63, 3.8) is 0 Å². The zero-order chi connectivity index (χ0) is 15.0. The summed E-state index contributed by atoms with van der Waals surface area (Å²) in [5.41, 5.74) is 2.65. The van der Waals surface area contributed by atoms with Crippen molar-refractivity contribution in [1.29, 1.82) is 0 Å². The predicted molar refractivity (Wildman–Crippen MR) is 81.5 cm³/mol. The Kier molecular flexibility index (Phi) is 3.82. The van der Waals surface area contributed by atoms with E-state index >= 15 is 0 Å². The second-order valence-corrected chi connectivity index (χ2v) is 6.22. The van der Waals surface area contributed by atoms with Crippen molar-refractivity contribution >= 4 is 21.9 Å². The molecule has 1 N–H and O–H groups in total. The minimum atomic E-state index is -1.11. The third kappa shape index (κ3) is 2.87. The standard InChI is InChI=1S/C15H15BrN2O3/c1-18-5-4-10(8-18)11-3-2-9(6-12(11)16)13-7-14(15(19)20)21-17-13/h2-3,6-7,10H,4-5,8H2,1H3,(H,19,20). The van der Waals surface area contributed by atoms with E-state index in [2.05, 4.69) is 39.1 Å². The number of likely N-dealkylation sites (tertiary alicyclic amines) is 1. The van der Waals surface area contributed by atoms with Gasteiger partial charge in [-0.25, -0.2) is 4.79 Å². The maximum atomic E-state index is 10.8. The molecule has 6 heteroatoms. The fourth-order valence-electron chi connectivity index (χ4n) is 2.72. The van der Waals surface area contributed by atoms with Gasteiger partial charge in [-0.05, 0) is 37.6 Å². The summed E-state index contributed by atoms with van der Waals surface area (Å²) in [6.45, 7) is 2.18. The maximum Gasteiger partial charge on any atom is 0.374 e. The number of likely N-dealkylation sites (N-methyl/N-ethyl adjacent to an activating group) is 1. The van der Waals surface area contributed by atoms with Gasteiger partial charge < -0.3 is 14.5 Å². The van der Waals surface area contributed by atoms with Crippen molar-refractivity contribution in [2.45, 2.75) is 12.3 Å². The highest BCUT2D eigenvalue weighted by molar-refractivity contribution is 9.10. The molecule has 3 rings (SSSR count). The van der Waals surface area contributed by atoms with Crippen molar-refractivity contribution in [2.75, 3.05) is 20.1 Å². The number of rotatable bonds is 3. The Hall–Kier alpha value is -1.66. The number of hydrogen-bond donors (Lipinski definition) is 1. The molecule has 1 aliphatic heterocycles. The first-order valence-electron chi connectivity index (χ1n) is 6.73. The topological polar surface area (TPSA) is 66.6 Å². The van der Waals surface area contributed by atoms with Gasteiger partial charge >= 0.3 is 5.97 Å². The van der Waals surface area contributed by atoms with Crippen LogP contribution in [0, 0.1) is 0 Å². The summed E-state index contributed by atoms with van der Waals surface area (Å²) in [5.74, 6) is -0.730. The predicted octanol–water partition coefficient (Wildman–Crippen LogP) is 3.22. The molecule has 1 aliphatic rings. The van der Waals surface area contributed by atoms with Crippen LogP contribution < -0.4 is 0 Å². The first-order valence-corrected chi connectivity index (χ1v) is 7.52. The summed E-state index contributed by atoms with van der Waals surface area (Å²) in [7, 11) is 2.13. The lowest BCUT2D eigenvalue weighted by molar-refractivity contribution is 0.0652. The van der Waals surface area contributed by atoms with Gasteiger partial charge in [0.2, 0.25) is 5.76 Å². The highest BCUT2D eigenvalue weighted by Gasteiger charge is 2.23. The molecule has 110 valence electrons. The van der Waals surface area contributed by atoms with Gasteiger partial charge in [0, 0.05) is 22.6 Å². The van der Waals surface area contributed by atoms with E-state index < -0.39 is 5.97 Å². The molecule has 1 fully saturated rings. The lowest BCUT2D eigenvalue weighted by Gasteiger charge is -2.13. The first kappa shape index (κ1) is 14.3. The van der Waals surface area contributed by atoms with Gasteiger partial charge in [0.15, 0.2) is 0 Å². The number of benzene rings is 1. The number of carbonyl (C=O) groups is 1. The minimum Gasteiger partial charge on any atom is -0.475 e. The molecule has 2 heterocycles. The van der Waals surface area contributed by atoms with Crippen molar-refractivity contribution in [3.8, 4) is 11.3 Å². The molecule has 2 aromatic rings. The summed E-state index contributed by atoms with van der Waals surface area (Å²) in [6.07, 6.45) is 1.15. The van der Waals surface area contributed by atoms with Gasteiger partial charge in [-0.2, -0.15) is 0 Å². The van der Waals surface area contributed by atoms with Crippen LogP contribution in [-0.2, 0) is 0 Å². The number of hydrogen-bond acceptors (Lipinski definition) is 4. The SMILES string of the molecule is CN1CCC(c2ccc(-c3cc(C(=O)O)on3)cc2Br)C1. The molecule has 0 aliphatic carbocycles. The van der Waals surface area contributed by atoms with E-state index in [9.17, 15) is 4.79 Å². The molecule has 1 aromatic carbocycles. The van der Waals surface area contributed by atoms with Crippen molar-refractivity contribution in [1.82, 2.24) is 10.1 Å². The molecule has 5 nitrogen and oxygen atoms in total. The van der Waals surface area contributed by atoms with Crippen LogP contribution in [-0.4, -0.2) is 41.3 Å². The summed E-state index contributed by atoms with van der Waals surface area (Å²) in [6, 6.07) is 7.45. The number of carboxylic acid groups (broad SMARTS) is 1. The van der Waals surface area contributed by atoms with E-state index in [0.717, 1.165) is 29.5 Å². The summed E-state index contributed by atoms with van der Waals surface area (Å²) in [5, 5.41) is 12.7. The fraction of sp³-hybridized carbons (Fsp3) is 0.333. The molecule has 1 saturated heterocycles. The molecular weight excluding hydrogens is 336 g/mol. The van der Waals surface area contributed by atoms with Crippen LogP contribution in [0.5, 0.6) is 0 Å². The number of halogens is 1. The van der Waals surface area contributed by atoms with Crippen LogP contribution >= 0.6 is 15.9 Å². The highest BCUT2D eigenvalue weighted by Crippen LogP contribution is 2.34. The van der Waals surface area contributed by atoms with E-state index in [1.165, 1.54) is 11.6 Å². The Balaban J connectivity index is 1.88. The molecule has 0 amide bonds. The van der Waals surface area contributed by atoms with Crippen LogP contribution in [0.1, 0.15) is 28.5 Å². The molecule has 1 unspecified atom stereocenters. The van der Waals surface area contributed by atoms with E-state index in [1.807, 2.05) is 12.1 Å². The minimum absolute atomic E-state index is 0.150. The second kappa shape index (κ2) is 5.61. The molecule has 21 heavy (non-hydrogen) atoms. The van der Waals surface area contributed by atoms with Crippen molar-refractivity contribution < 1.29 is 14.4 Å². The average molecular weight is 351 g/mol. The van der Waals surface area contributed by atoms with E-state index in [1.54, 1.807) is 0 Å². The first-order chi connectivity index (χ1) is 10.0. The van der Waals surface area contributed by atoms with Crippen LogP contribution in [0.3, 0.4) is 0 Å². The van der Waals surface area contributed by atoms with Crippen molar-refractivity contribution in [2.24, 2.45) is 0 Å². The van der Waals surface area contributed by atoms with Gasteiger partial charge in [0.25, 0.3) is 0 Å². The van der Waals surface area contributed by atoms with Crippen LogP contribution in [0.4, 0.5) is 0 Å². The molecule has 0 saturated carbocycles. The lowest BCUT2D eigenvalue weighted by atomic mass is 9.97. The molecule has 0 radical (unpaired) electrons. The Morgan fingerprint density at radius 3 is 2.86 bits per heavy atom. The van der Waals surface area contributed by atoms with Crippen LogP contribution in [0.2, 0.25) is 0 Å². The zero-order valence-corrected chi connectivity index (χ0v) is 13.1. The third-order valence-electron chi connectivity index (χ3n) is 3.85. The van der Waals surface area contributed by atoms with E-state index in [0.29, 0.717) is 11.6 Å². The average Bonchev–Trinajstić information content (AvgIpc) is 3.07. The molecular formula is C15H15BrN2O3. The van der Waals surface area contributed by atoms with Gasteiger partial charge in [-0.1, -0.05) is 33.2 Å². The zero-order valence-electron chi connectivity index (χ0n) is 11.5. The summed E-state index contributed by atoms with van der Waals surface area (Å²) < 4.78 is 5.82. The molecule has 0 bridgehead atoms. The van der Waals surface area contributed by atoms with Gasteiger partial charge in [-0.3, -0.25) is 0 Å². The van der Waals surface area contributed by atoms with E-state index in [4.69, 9.17) is 9.63 Å².